The lowest BCUT2D eigenvalue weighted by atomic mass is 10.1. The molecule has 2 unspecified atom stereocenters. The molecule has 0 aliphatic rings. The highest BCUT2D eigenvalue weighted by Crippen LogP contribution is 2.23. The van der Waals surface area contributed by atoms with Crippen LogP contribution in [0.15, 0.2) is 11.4 Å². The summed E-state index contributed by atoms with van der Waals surface area (Å²) in [5.74, 6) is 5.47. The maximum Gasteiger partial charge on any atom is 0.0751 e. The lowest BCUT2D eigenvalue weighted by Gasteiger charge is -2.20. The Labute approximate surface area is 82.9 Å². The van der Waals surface area contributed by atoms with Crippen LogP contribution in [0.1, 0.15) is 23.4 Å². The normalized spacial score (nSPS) is 15.7. The van der Waals surface area contributed by atoms with Crippen LogP contribution in [0.4, 0.5) is 0 Å². The Morgan fingerprint density at radius 1 is 1.62 bits per heavy atom. The average Bonchev–Trinajstić information content (AvgIpc) is 2.53. The van der Waals surface area contributed by atoms with Gasteiger partial charge in [0.15, 0.2) is 0 Å². The molecule has 74 valence electrons. The standard InChI is InChI=1S/C9H16N2OS/c1-6-4-8(5-13-6)9(11-10)7(2)12-3/h4-5,7,9,11H,10H2,1-3H3. The number of hydrogen-bond donors (Lipinski definition) is 2. The minimum atomic E-state index is 0.0787. The molecule has 1 aromatic heterocycles. The van der Waals surface area contributed by atoms with Crippen LogP contribution in [0.2, 0.25) is 0 Å². The first-order chi connectivity index (χ1) is 6.19. The summed E-state index contributed by atoms with van der Waals surface area (Å²) in [6, 6.07) is 2.21. The second-order valence-corrected chi connectivity index (χ2v) is 4.19. The number of rotatable bonds is 4. The Balaban J connectivity index is 2.77. The van der Waals surface area contributed by atoms with E-state index in [2.05, 4.69) is 23.8 Å². The van der Waals surface area contributed by atoms with Gasteiger partial charge in [0.2, 0.25) is 0 Å². The molecule has 0 saturated carbocycles. The third-order valence-corrected chi connectivity index (χ3v) is 3.01. The number of nitrogens with one attached hydrogen (secondary N) is 1. The number of nitrogens with two attached hydrogens (primary N) is 1. The van der Waals surface area contributed by atoms with Gasteiger partial charge in [-0.15, -0.1) is 11.3 Å². The third kappa shape index (κ3) is 2.51. The quantitative estimate of drug-likeness (QED) is 0.573. The zero-order valence-electron chi connectivity index (χ0n) is 8.20. The molecule has 1 rings (SSSR count). The van der Waals surface area contributed by atoms with Crippen LogP contribution < -0.4 is 11.3 Å². The highest BCUT2D eigenvalue weighted by molar-refractivity contribution is 7.10. The van der Waals surface area contributed by atoms with Gasteiger partial charge in [0.25, 0.3) is 0 Å². The zero-order valence-corrected chi connectivity index (χ0v) is 9.02. The van der Waals surface area contributed by atoms with Gasteiger partial charge in [-0.1, -0.05) is 0 Å². The molecule has 13 heavy (non-hydrogen) atoms. The van der Waals surface area contributed by atoms with E-state index in [0.717, 1.165) is 0 Å². The molecule has 0 bridgehead atoms. The SMILES string of the molecule is COC(C)C(NN)c1csc(C)c1. The van der Waals surface area contributed by atoms with Gasteiger partial charge >= 0.3 is 0 Å². The summed E-state index contributed by atoms with van der Waals surface area (Å²) in [6.45, 7) is 4.08. The molecular weight excluding hydrogens is 184 g/mol. The topological polar surface area (TPSA) is 47.3 Å². The van der Waals surface area contributed by atoms with Gasteiger partial charge in [0, 0.05) is 12.0 Å². The fourth-order valence-electron chi connectivity index (χ4n) is 1.27. The molecule has 3 N–H and O–H groups in total. The van der Waals surface area contributed by atoms with Crippen molar-refractivity contribution in [2.24, 2.45) is 5.84 Å². The van der Waals surface area contributed by atoms with Crippen LogP contribution in [0.25, 0.3) is 0 Å². The number of thiophene rings is 1. The molecule has 1 aromatic rings. The van der Waals surface area contributed by atoms with Crippen molar-refractivity contribution in [3.05, 3.63) is 21.9 Å². The first kappa shape index (κ1) is 10.7. The van der Waals surface area contributed by atoms with E-state index in [0.29, 0.717) is 0 Å². The fraction of sp³-hybridized carbons (Fsp3) is 0.556. The fourth-order valence-corrected chi connectivity index (χ4v) is 2.01. The van der Waals surface area contributed by atoms with E-state index in [1.165, 1.54) is 10.4 Å². The molecular formula is C9H16N2OS. The van der Waals surface area contributed by atoms with Gasteiger partial charge < -0.3 is 4.74 Å². The zero-order chi connectivity index (χ0) is 9.84. The van der Waals surface area contributed by atoms with Crippen molar-refractivity contribution in [2.75, 3.05) is 7.11 Å². The van der Waals surface area contributed by atoms with Gasteiger partial charge in [-0.3, -0.25) is 11.3 Å². The largest absolute Gasteiger partial charge is 0.380 e. The number of hydrazine groups is 1. The Morgan fingerprint density at radius 2 is 2.31 bits per heavy atom. The lowest BCUT2D eigenvalue weighted by Crippen LogP contribution is -2.35. The molecule has 1 heterocycles. The van der Waals surface area contributed by atoms with Crippen molar-refractivity contribution < 1.29 is 4.74 Å². The van der Waals surface area contributed by atoms with E-state index in [9.17, 15) is 0 Å². The summed E-state index contributed by atoms with van der Waals surface area (Å²) < 4.78 is 5.23. The second kappa shape index (κ2) is 4.72. The van der Waals surface area contributed by atoms with Gasteiger partial charge in [0.05, 0.1) is 12.1 Å². The second-order valence-electron chi connectivity index (χ2n) is 3.08. The summed E-state index contributed by atoms with van der Waals surface area (Å²) in [4.78, 5) is 1.29. The average molecular weight is 200 g/mol. The van der Waals surface area contributed by atoms with E-state index in [1.54, 1.807) is 18.4 Å². The van der Waals surface area contributed by atoms with Crippen LogP contribution in [0, 0.1) is 6.92 Å². The van der Waals surface area contributed by atoms with E-state index < -0.39 is 0 Å². The lowest BCUT2D eigenvalue weighted by molar-refractivity contribution is 0.0832. The molecule has 2 atom stereocenters. The summed E-state index contributed by atoms with van der Waals surface area (Å²) in [7, 11) is 1.69. The molecule has 3 nitrogen and oxygen atoms in total. The minimum absolute atomic E-state index is 0.0787. The van der Waals surface area contributed by atoms with Crippen molar-refractivity contribution in [1.82, 2.24) is 5.43 Å². The van der Waals surface area contributed by atoms with Crippen molar-refractivity contribution in [3.8, 4) is 0 Å². The Kier molecular flexibility index (Phi) is 3.87. The van der Waals surface area contributed by atoms with Crippen molar-refractivity contribution in [2.45, 2.75) is 26.0 Å². The molecule has 0 radical (unpaired) electrons. The van der Waals surface area contributed by atoms with Crippen LogP contribution in [-0.4, -0.2) is 13.2 Å². The van der Waals surface area contributed by atoms with Crippen molar-refractivity contribution >= 4 is 11.3 Å². The van der Waals surface area contributed by atoms with Gasteiger partial charge in [-0.05, 0) is 30.9 Å². The predicted molar refractivity (Wildman–Crippen MR) is 55.6 cm³/mol. The molecule has 0 aliphatic heterocycles. The van der Waals surface area contributed by atoms with Crippen LogP contribution >= 0.6 is 11.3 Å². The number of aryl methyl sites for hydroxylation is 1. The van der Waals surface area contributed by atoms with Crippen LogP contribution in [0.5, 0.6) is 0 Å². The van der Waals surface area contributed by atoms with Crippen molar-refractivity contribution in [3.63, 3.8) is 0 Å². The predicted octanol–water partition coefficient (Wildman–Crippen LogP) is 1.60. The Hall–Kier alpha value is -0.420. The molecule has 4 heteroatoms. The number of hydrogen-bond acceptors (Lipinski definition) is 4. The van der Waals surface area contributed by atoms with E-state index in [4.69, 9.17) is 10.6 Å². The van der Waals surface area contributed by atoms with Gasteiger partial charge in [0.1, 0.15) is 0 Å². The molecule has 0 saturated heterocycles. The minimum Gasteiger partial charge on any atom is -0.380 e. The monoisotopic (exact) mass is 200 g/mol. The van der Waals surface area contributed by atoms with Crippen LogP contribution in [0.3, 0.4) is 0 Å². The maximum absolute atomic E-state index is 5.47. The number of ether oxygens (including phenoxy) is 1. The summed E-state index contributed by atoms with van der Waals surface area (Å²) in [5, 5.41) is 2.11. The molecule has 0 aliphatic carbocycles. The molecule has 0 amide bonds. The first-order valence-electron chi connectivity index (χ1n) is 4.23. The molecule has 0 fully saturated rings. The summed E-state index contributed by atoms with van der Waals surface area (Å²) in [5.41, 5.74) is 3.96. The summed E-state index contributed by atoms with van der Waals surface area (Å²) in [6.07, 6.45) is 0.0824. The molecule has 0 aromatic carbocycles. The smallest absolute Gasteiger partial charge is 0.0751 e. The van der Waals surface area contributed by atoms with E-state index in [-0.39, 0.29) is 12.1 Å². The summed E-state index contributed by atoms with van der Waals surface area (Å²) >= 11 is 1.72. The highest BCUT2D eigenvalue weighted by Gasteiger charge is 2.17. The van der Waals surface area contributed by atoms with Gasteiger partial charge in [-0.2, -0.15) is 0 Å². The van der Waals surface area contributed by atoms with E-state index >= 15 is 0 Å². The number of methoxy groups -OCH3 is 1. The highest BCUT2D eigenvalue weighted by atomic mass is 32.1. The Bertz CT molecular complexity index is 262. The maximum atomic E-state index is 5.47. The Morgan fingerprint density at radius 3 is 2.69 bits per heavy atom. The third-order valence-electron chi connectivity index (χ3n) is 2.13. The van der Waals surface area contributed by atoms with Crippen LogP contribution in [-0.2, 0) is 4.74 Å². The first-order valence-corrected chi connectivity index (χ1v) is 5.11. The van der Waals surface area contributed by atoms with Gasteiger partial charge in [-0.25, -0.2) is 0 Å². The molecule has 0 spiro atoms. The van der Waals surface area contributed by atoms with Crippen molar-refractivity contribution in [1.29, 1.82) is 0 Å². The van der Waals surface area contributed by atoms with E-state index in [1.807, 2.05) is 6.92 Å².